The molecule has 4 nitrogen and oxygen atoms in total. The van der Waals surface area contributed by atoms with Gasteiger partial charge >= 0.3 is 0 Å². The van der Waals surface area contributed by atoms with E-state index in [1.807, 2.05) is 91.0 Å². The summed E-state index contributed by atoms with van der Waals surface area (Å²) < 4.78 is 11.6. The fourth-order valence-corrected chi connectivity index (χ4v) is 2.49. The van der Waals surface area contributed by atoms with E-state index in [1.54, 1.807) is 6.20 Å². The van der Waals surface area contributed by atoms with Crippen molar-refractivity contribution in [1.29, 1.82) is 0 Å². The number of rotatable bonds is 5. The van der Waals surface area contributed by atoms with E-state index in [0.29, 0.717) is 17.5 Å². The standard InChI is InChI=1S/C22H16N2O2/c1-2-9-18(10-3-1)25-22-14-7-12-20(24-22)17-8-6-11-19(16-17)26-21-13-4-5-15-23-21/h1-16H. The maximum absolute atomic E-state index is 5.81. The average Bonchev–Trinajstić information content (AvgIpc) is 2.70. The Balaban J connectivity index is 1.57. The lowest BCUT2D eigenvalue weighted by Gasteiger charge is -2.08. The zero-order valence-corrected chi connectivity index (χ0v) is 13.9. The molecule has 0 atom stereocenters. The first kappa shape index (κ1) is 15.8. The van der Waals surface area contributed by atoms with Crippen LogP contribution in [0, 0.1) is 0 Å². The quantitative estimate of drug-likeness (QED) is 0.465. The third-order valence-corrected chi connectivity index (χ3v) is 3.68. The number of nitrogens with zero attached hydrogens (tertiary/aromatic N) is 2. The molecule has 26 heavy (non-hydrogen) atoms. The van der Waals surface area contributed by atoms with Gasteiger partial charge in [-0.05, 0) is 36.4 Å². The van der Waals surface area contributed by atoms with E-state index in [4.69, 9.17) is 9.47 Å². The van der Waals surface area contributed by atoms with E-state index in [0.717, 1.165) is 17.0 Å². The maximum Gasteiger partial charge on any atom is 0.219 e. The predicted octanol–water partition coefficient (Wildman–Crippen LogP) is 5.73. The third kappa shape index (κ3) is 3.87. The summed E-state index contributed by atoms with van der Waals surface area (Å²) in [7, 11) is 0. The highest BCUT2D eigenvalue weighted by atomic mass is 16.5. The summed E-state index contributed by atoms with van der Waals surface area (Å²) >= 11 is 0. The molecule has 2 aromatic heterocycles. The van der Waals surface area contributed by atoms with Crippen molar-refractivity contribution in [3.8, 4) is 34.5 Å². The van der Waals surface area contributed by atoms with Gasteiger partial charge in [0.25, 0.3) is 0 Å². The molecule has 4 aromatic rings. The van der Waals surface area contributed by atoms with E-state index in [2.05, 4.69) is 9.97 Å². The lowest BCUT2D eigenvalue weighted by molar-refractivity contribution is 0.461. The average molecular weight is 340 g/mol. The van der Waals surface area contributed by atoms with E-state index >= 15 is 0 Å². The number of para-hydroxylation sites is 1. The van der Waals surface area contributed by atoms with E-state index in [1.165, 1.54) is 0 Å². The van der Waals surface area contributed by atoms with E-state index in [9.17, 15) is 0 Å². The molecule has 4 rings (SSSR count). The fourth-order valence-electron chi connectivity index (χ4n) is 2.49. The topological polar surface area (TPSA) is 44.2 Å². The molecule has 0 aliphatic carbocycles. The van der Waals surface area contributed by atoms with Crippen molar-refractivity contribution in [2.45, 2.75) is 0 Å². The number of pyridine rings is 2. The second-order valence-electron chi connectivity index (χ2n) is 5.57. The van der Waals surface area contributed by atoms with Crippen LogP contribution in [0.4, 0.5) is 0 Å². The highest BCUT2D eigenvalue weighted by molar-refractivity contribution is 5.62. The minimum atomic E-state index is 0.546. The number of hydrogen-bond donors (Lipinski definition) is 0. The number of ether oxygens (including phenoxy) is 2. The van der Waals surface area contributed by atoms with Gasteiger partial charge in [0.1, 0.15) is 11.5 Å². The van der Waals surface area contributed by atoms with Crippen molar-refractivity contribution in [2.24, 2.45) is 0 Å². The van der Waals surface area contributed by atoms with Crippen LogP contribution in [0.5, 0.6) is 23.3 Å². The van der Waals surface area contributed by atoms with Gasteiger partial charge in [0.2, 0.25) is 11.8 Å². The molecule has 0 spiro atoms. The van der Waals surface area contributed by atoms with Gasteiger partial charge in [-0.25, -0.2) is 9.97 Å². The van der Waals surface area contributed by atoms with Crippen LogP contribution in [0.2, 0.25) is 0 Å². The van der Waals surface area contributed by atoms with Gasteiger partial charge in [0.15, 0.2) is 0 Å². The Labute approximate surface area is 151 Å². The minimum Gasteiger partial charge on any atom is -0.439 e. The third-order valence-electron chi connectivity index (χ3n) is 3.68. The highest BCUT2D eigenvalue weighted by Crippen LogP contribution is 2.27. The number of hydrogen-bond acceptors (Lipinski definition) is 4. The van der Waals surface area contributed by atoms with Crippen LogP contribution in [0.25, 0.3) is 11.3 Å². The van der Waals surface area contributed by atoms with Crippen molar-refractivity contribution in [2.75, 3.05) is 0 Å². The van der Waals surface area contributed by atoms with Crippen LogP contribution in [-0.4, -0.2) is 9.97 Å². The molecule has 0 fully saturated rings. The van der Waals surface area contributed by atoms with E-state index < -0.39 is 0 Å². The van der Waals surface area contributed by atoms with E-state index in [-0.39, 0.29) is 0 Å². The monoisotopic (exact) mass is 340 g/mol. The molecule has 0 saturated carbocycles. The molecular weight excluding hydrogens is 324 g/mol. The first-order chi connectivity index (χ1) is 12.9. The summed E-state index contributed by atoms with van der Waals surface area (Å²) in [5.41, 5.74) is 1.75. The smallest absolute Gasteiger partial charge is 0.219 e. The van der Waals surface area contributed by atoms with Crippen LogP contribution in [-0.2, 0) is 0 Å². The molecule has 0 unspecified atom stereocenters. The Bertz CT molecular complexity index is 906. The van der Waals surface area contributed by atoms with Crippen LogP contribution in [0.3, 0.4) is 0 Å². The number of benzene rings is 2. The molecule has 4 heteroatoms. The molecule has 0 radical (unpaired) electrons. The Morgan fingerprint density at radius 2 is 1.31 bits per heavy atom. The van der Waals surface area contributed by atoms with Gasteiger partial charge in [-0.15, -0.1) is 0 Å². The Morgan fingerprint density at radius 3 is 2.15 bits per heavy atom. The van der Waals surface area contributed by atoms with Crippen molar-refractivity contribution in [3.63, 3.8) is 0 Å². The van der Waals surface area contributed by atoms with Crippen molar-refractivity contribution >= 4 is 0 Å². The van der Waals surface area contributed by atoms with Crippen molar-refractivity contribution < 1.29 is 9.47 Å². The van der Waals surface area contributed by atoms with Crippen LogP contribution < -0.4 is 9.47 Å². The second-order valence-corrected chi connectivity index (χ2v) is 5.57. The molecule has 0 aliphatic rings. The summed E-state index contributed by atoms with van der Waals surface area (Å²) in [5.74, 6) is 2.56. The van der Waals surface area contributed by atoms with Gasteiger partial charge < -0.3 is 9.47 Å². The molecule has 2 heterocycles. The Hall–Kier alpha value is -3.66. The van der Waals surface area contributed by atoms with Crippen LogP contribution in [0.1, 0.15) is 0 Å². The zero-order valence-electron chi connectivity index (χ0n) is 13.9. The van der Waals surface area contributed by atoms with Crippen LogP contribution >= 0.6 is 0 Å². The first-order valence-corrected chi connectivity index (χ1v) is 8.26. The molecule has 0 bridgehead atoms. The molecule has 0 aliphatic heterocycles. The lowest BCUT2D eigenvalue weighted by atomic mass is 10.1. The summed E-state index contributed by atoms with van der Waals surface area (Å²) in [6, 6.07) is 28.6. The van der Waals surface area contributed by atoms with Crippen molar-refractivity contribution in [1.82, 2.24) is 9.97 Å². The first-order valence-electron chi connectivity index (χ1n) is 8.26. The Morgan fingerprint density at radius 1 is 0.577 bits per heavy atom. The fraction of sp³-hybridized carbons (Fsp3) is 0. The van der Waals surface area contributed by atoms with Gasteiger partial charge in [-0.1, -0.05) is 42.5 Å². The van der Waals surface area contributed by atoms with Crippen molar-refractivity contribution in [3.05, 3.63) is 97.2 Å². The highest BCUT2D eigenvalue weighted by Gasteiger charge is 2.05. The predicted molar refractivity (Wildman–Crippen MR) is 101 cm³/mol. The summed E-state index contributed by atoms with van der Waals surface area (Å²) in [4.78, 5) is 8.77. The Kier molecular flexibility index (Phi) is 4.56. The largest absolute Gasteiger partial charge is 0.439 e. The normalized spacial score (nSPS) is 10.3. The lowest BCUT2D eigenvalue weighted by Crippen LogP contribution is -1.91. The molecule has 126 valence electrons. The van der Waals surface area contributed by atoms with Gasteiger partial charge in [-0.2, -0.15) is 0 Å². The van der Waals surface area contributed by atoms with Crippen LogP contribution in [0.15, 0.2) is 97.2 Å². The molecular formula is C22H16N2O2. The number of aromatic nitrogens is 2. The maximum atomic E-state index is 5.81. The van der Waals surface area contributed by atoms with Gasteiger partial charge in [0, 0.05) is 23.9 Å². The van der Waals surface area contributed by atoms with Gasteiger partial charge in [0.05, 0.1) is 5.69 Å². The minimum absolute atomic E-state index is 0.546. The summed E-state index contributed by atoms with van der Waals surface area (Å²) in [5, 5.41) is 0. The molecule has 0 N–H and O–H groups in total. The SMILES string of the molecule is c1ccc(Oc2cccc(-c3cccc(Oc4ccccn4)c3)n2)cc1. The zero-order chi connectivity index (χ0) is 17.6. The molecule has 2 aromatic carbocycles. The summed E-state index contributed by atoms with van der Waals surface area (Å²) in [6.07, 6.45) is 1.70. The summed E-state index contributed by atoms with van der Waals surface area (Å²) in [6.45, 7) is 0. The second kappa shape index (κ2) is 7.49. The van der Waals surface area contributed by atoms with Gasteiger partial charge in [-0.3, -0.25) is 0 Å². The molecule has 0 amide bonds. The molecule has 0 saturated heterocycles.